The van der Waals surface area contributed by atoms with Gasteiger partial charge in [-0.25, -0.2) is 4.98 Å². The molecule has 6 nitrogen and oxygen atoms in total. The van der Waals surface area contributed by atoms with E-state index in [0.717, 1.165) is 67.6 Å². The fraction of sp³-hybridized carbons (Fsp3) is 0.609. The smallest absolute Gasteiger partial charge is 0.258 e. The number of carbonyl (C=O) groups excluding carboxylic acids is 2. The Bertz CT molecular complexity index is 852. The molecule has 0 bridgehead atoms. The number of piperidine rings is 1. The first-order chi connectivity index (χ1) is 14.6. The number of primary amides is 1. The van der Waals surface area contributed by atoms with Gasteiger partial charge in [-0.05, 0) is 55.5 Å². The van der Waals surface area contributed by atoms with E-state index in [0.29, 0.717) is 10.8 Å². The molecule has 1 saturated carbocycles. The summed E-state index contributed by atoms with van der Waals surface area (Å²) < 4.78 is 1.04. The monoisotopic (exact) mass is 430 g/mol. The lowest BCUT2D eigenvalue weighted by Gasteiger charge is -2.33. The predicted octanol–water partition coefficient (Wildman–Crippen LogP) is 4.33. The molecular weight excluding hydrogens is 396 g/mol. The molecule has 2 amide bonds. The average Bonchev–Trinajstić information content (AvgIpc) is 3.45. The van der Waals surface area contributed by atoms with Crippen LogP contribution in [0.25, 0.3) is 10.1 Å². The van der Waals surface area contributed by atoms with Gasteiger partial charge < -0.3 is 16.0 Å². The van der Waals surface area contributed by atoms with Crippen LogP contribution in [0.4, 0.5) is 5.82 Å². The zero-order chi connectivity index (χ0) is 21.5. The van der Waals surface area contributed by atoms with Gasteiger partial charge in [0, 0.05) is 31.7 Å². The van der Waals surface area contributed by atoms with Gasteiger partial charge in [0.25, 0.3) is 5.91 Å². The van der Waals surface area contributed by atoms with Crippen LogP contribution in [-0.2, 0) is 4.79 Å². The summed E-state index contributed by atoms with van der Waals surface area (Å²) in [6.45, 7) is 6.70. The summed E-state index contributed by atoms with van der Waals surface area (Å²) in [5.41, 5.74) is 5.44. The number of aromatic nitrogens is 1. The van der Waals surface area contributed by atoms with Crippen molar-refractivity contribution in [1.29, 1.82) is 0 Å². The van der Waals surface area contributed by atoms with Gasteiger partial charge in [0.05, 0.1) is 9.58 Å². The van der Waals surface area contributed by atoms with Gasteiger partial charge in [-0.15, -0.1) is 11.3 Å². The third-order valence-electron chi connectivity index (χ3n) is 6.15. The molecule has 1 saturated heterocycles. The Morgan fingerprint density at radius 1 is 1.20 bits per heavy atom. The average molecular weight is 431 g/mol. The SMILES string of the molecule is CC.NC(=O)c1cc2ccnc(N3CCC(CCNC(=O)C4CCCC4)CC3)c2s1. The zero-order valence-corrected chi connectivity index (χ0v) is 19.0. The number of nitrogens with two attached hydrogens (primary N) is 1. The summed E-state index contributed by atoms with van der Waals surface area (Å²) in [6, 6.07) is 3.79. The fourth-order valence-electron chi connectivity index (χ4n) is 4.46. The Kier molecular flexibility index (Phi) is 8.08. The van der Waals surface area contributed by atoms with Crippen molar-refractivity contribution in [2.75, 3.05) is 24.5 Å². The molecule has 1 aliphatic heterocycles. The minimum Gasteiger partial charge on any atom is -0.365 e. The van der Waals surface area contributed by atoms with Crippen molar-refractivity contribution < 1.29 is 9.59 Å². The van der Waals surface area contributed by atoms with E-state index in [1.54, 1.807) is 6.20 Å². The molecule has 30 heavy (non-hydrogen) atoms. The molecule has 164 valence electrons. The van der Waals surface area contributed by atoms with Crippen LogP contribution < -0.4 is 16.0 Å². The highest BCUT2D eigenvalue weighted by molar-refractivity contribution is 7.21. The summed E-state index contributed by atoms with van der Waals surface area (Å²) in [6.07, 6.45) is 9.57. The summed E-state index contributed by atoms with van der Waals surface area (Å²) in [4.78, 5) is 31.1. The fourth-order valence-corrected chi connectivity index (χ4v) is 5.49. The maximum Gasteiger partial charge on any atom is 0.258 e. The summed E-state index contributed by atoms with van der Waals surface area (Å²) in [5, 5.41) is 4.17. The number of pyridine rings is 1. The van der Waals surface area contributed by atoms with E-state index < -0.39 is 0 Å². The molecule has 0 aromatic carbocycles. The molecule has 2 aromatic rings. The molecule has 7 heteroatoms. The minimum atomic E-state index is -0.384. The summed E-state index contributed by atoms with van der Waals surface area (Å²) >= 11 is 1.43. The molecular formula is C23H34N4O2S. The van der Waals surface area contributed by atoms with Crippen molar-refractivity contribution in [3.05, 3.63) is 23.2 Å². The van der Waals surface area contributed by atoms with E-state index in [1.165, 1.54) is 24.2 Å². The van der Waals surface area contributed by atoms with E-state index in [2.05, 4.69) is 15.2 Å². The second-order valence-electron chi connectivity index (χ2n) is 8.02. The number of fused-ring (bicyclic) bond motifs is 1. The first-order valence-electron chi connectivity index (χ1n) is 11.3. The number of amides is 2. The number of thiophene rings is 1. The molecule has 3 N–H and O–H groups in total. The summed E-state index contributed by atoms with van der Waals surface area (Å²) in [7, 11) is 0. The lowest BCUT2D eigenvalue weighted by Crippen LogP contribution is -2.36. The number of nitrogens with one attached hydrogen (secondary N) is 1. The first kappa shape index (κ1) is 22.5. The predicted molar refractivity (Wildman–Crippen MR) is 124 cm³/mol. The van der Waals surface area contributed by atoms with E-state index >= 15 is 0 Å². The number of hydrogen-bond acceptors (Lipinski definition) is 5. The third kappa shape index (κ3) is 5.31. The Hall–Kier alpha value is -2.15. The minimum absolute atomic E-state index is 0.254. The zero-order valence-electron chi connectivity index (χ0n) is 18.2. The molecule has 0 atom stereocenters. The summed E-state index contributed by atoms with van der Waals surface area (Å²) in [5.74, 6) is 1.73. The molecule has 2 aromatic heterocycles. The normalized spacial score (nSPS) is 17.6. The molecule has 1 aliphatic carbocycles. The quantitative estimate of drug-likeness (QED) is 0.714. The third-order valence-corrected chi connectivity index (χ3v) is 7.31. The van der Waals surface area contributed by atoms with Gasteiger partial charge >= 0.3 is 0 Å². The van der Waals surface area contributed by atoms with Gasteiger partial charge in [0.1, 0.15) is 5.82 Å². The highest BCUT2D eigenvalue weighted by Gasteiger charge is 2.24. The Labute approximate surface area is 183 Å². The van der Waals surface area contributed by atoms with Crippen LogP contribution in [0.3, 0.4) is 0 Å². The number of anilines is 1. The number of nitrogens with zero attached hydrogens (tertiary/aromatic N) is 2. The topological polar surface area (TPSA) is 88.3 Å². The van der Waals surface area contributed by atoms with Gasteiger partial charge in [0.15, 0.2) is 0 Å². The van der Waals surface area contributed by atoms with Crippen LogP contribution in [0, 0.1) is 11.8 Å². The highest BCUT2D eigenvalue weighted by atomic mass is 32.1. The maximum absolute atomic E-state index is 12.1. The molecule has 0 unspecified atom stereocenters. The lowest BCUT2D eigenvalue weighted by molar-refractivity contribution is -0.124. The molecule has 0 radical (unpaired) electrons. The molecule has 2 fully saturated rings. The van der Waals surface area contributed by atoms with Crippen molar-refractivity contribution >= 4 is 39.1 Å². The molecule has 4 rings (SSSR count). The van der Waals surface area contributed by atoms with Crippen LogP contribution in [0.15, 0.2) is 18.3 Å². The molecule has 3 heterocycles. The molecule has 0 spiro atoms. The van der Waals surface area contributed by atoms with Crippen molar-refractivity contribution in [3.63, 3.8) is 0 Å². The second kappa shape index (κ2) is 10.8. The van der Waals surface area contributed by atoms with Crippen LogP contribution in [-0.4, -0.2) is 36.4 Å². The number of rotatable bonds is 6. The van der Waals surface area contributed by atoms with E-state index in [4.69, 9.17) is 5.73 Å². The largest absolute Gasteiger partial charge is 0.365 e. The highest BCUT2D eigenvalue weighted by Crippen LogP contribution is 2.34. The van der Waals surface area contributed by atoms with Gasteiger partial charge in [0.2, 0.25) is 5.91 Å². The van der Waals surface area contributed by atoms with Crippen molar-refractivity contribution in [3.8, 4) is 0 Å². The standard InChI is InChI=1S/C21H28N4O2S.C2H6/c22-19(26)17-13-16-6-10-23-20(18(16)28-17)25-11-7-14(8-12-25)5-9-24-21(27)15-3-1-2-4-15;1-2/h6,10,13-15H,1-5,7-9,11-12H2,(H2,22,26)(H,24,27);1-2H3. The number of hydrogen-bond donors (Lipinski definition) is 2. The maximum atomic E-state index is 12.1. The molecule has 2 aliphatic rings. The Morgan fingerprint density at radius 2 is 1.90 bits per heavy atom. The van der Waals surface area contributed by atoms with Crippen molar-refractivity contribution in [1.82, 2.24) is 10.3 Å². The van der Waals surface area contributed by atoms with Crippen molar-refractivity contribution in [2.45, 2.75) is 58.8 Å². The Morgan fingerprint density at radius 3 is 2.57 bits per heavy atom. The van der Waals surface area contributed by atoms with Crippen LogP contribution in [0.5, 0.6) is 0 Å². The van der Waals surface area contributed by atoms with E-state index in [9.17, 15) is 9.59 Å². The van der Waals surface area contributed by atoms with Crippen LogP contribution in [0.1, 0.15) is 68.5 Å². The van der Waals surface area contributed by atoms with E-state index in [-0.39, 0.29) is 17.7 Å². The second-order valence-corrected chi connectivity index (χ2v) is 9.07. The lowest BCUT2D eigenvalue weighted by atomic mass is 9.93. The van der Waals surface area contributed by atoms with Gasteiger partial charge in [-0.3, -0.25) is 9.59 Å². The van der Waals surface area contributed by atoms with Crippen LogP contribution >= 0.6 is 11.3 Å². The van der Waals surface area contributed by atoms with Crippen LogP contribution in [0.2, 0.25) is 0 Å². The Balaban J connectivity index is 0.00000124. The number of carbonyl (C=O) groups is 2. The van der Waals surface area contributed by atoms with Gasteiger partial charge in [-0.2, -0.15) is 0 Å². The van der Waals surface area contributed by atoms with E-state index in [1.807, 2.05) is 26.0 Å². The van der Waals surface area contributed by atoms with Gasteiger partial charge in [-0.1, -0.05) is 26.7 Å². The van der Waals surface area contributed by atoms with Crippen molar-refractivity contribution in [2.24, 2.45) is 17.6 Å². The first-order valence-corrected chi connectivity index (χ1v) is 12.1.